The van der Waals surface area contributed by atoms with E-state index in [0.29, 0.717) is 41.5 Å². The van der Waals surface area contributed by atoms with E-state index in [9.17, 15) is 14.4 Å². The van der Waals surface area contributed by atoms with Crippen molar-refractivity contribution in [2.24, 2.45) is 5.92 Å². The van der Waals surface area contributed by atoms with Gasteiger partial charge in [-0.1, -0.05) is 11.6 Å². The molecule has 0 bridgehead atoms. The zero-order chi connectivity index (χ0) is 27.0. The summed E-state index contributed by atoms with van der Waals surface area (Å²) in [5.41, 5.74) is 2.23. The van der Waals surface area contributed by atoms with Crippen molar-refractivity contribution in [2.75, 3.05) is 27.2 Å². The molecule has 1 aromatic carbocycles. The van der Waals surface area contributed by atoms with Crippen LogP contribution in [0.3, 0.4) is 0 Å². The number of halogens is 2. The number of amides is 3. The molecule has 0 radical (unpaired) electrons. The van der Waals surface area contributed by atoms with Crippen LogP contribution < -0.4 is 10.6 Å². The van der Waals surface area contributed by atoms with Gasteiger partial charge in [-0.25, -0.2) is 4.98 Å². The molecule has 1 fully saturated rings. The van der Waals surface area contributed by atoms with E-state index < -0.39 is 6.04 Å². The highest BCUT2D eigenvalue weighted by Crippen LogP contribution is 2.29. The van der Waals surface area contributed by atoms with E-state index >= 15 is 0 Å². The average molecular weight is 594 g/mol. The molecular weight excluding hydrogens is 559 g/mol. The zero-order valence-electron chi connectivity index (χ0n) is 22.3. The maximum Gasteiger partial charge on any atom is 0.280 e. The molecule has 2 aliphatic rings. The second-order valence-electron chi connectivity index (χ2n) is 10.3. The maximum absolute atomic E-state index is 13.3. The van der Waals surface area contributed by atoms with E-state index in [1.807, 2.05) is 13.0 Å². The summed E-state index contributed by atoms with van der Waals surface area (Å²) < 4.78 is 0. The van der Waals surface area contributed by atoms with Gasteiger partial charge in [0.2, 0.25) is 5.91 Å². The van der Waals surface area contributed by atoms with Crippen LogP contribution in [0.5, 0.6) is 0 Å². The number of hydrogen-bond acceptors (Lipinski definition) is 6. The van der Waals surface area contributed by atoms with Crippen molar-refractivity contribution in [3.8, 4) is 0 Å². The third kappa shape index (κ3) is 6.40. The lowest BCUT2D eigenvalue weighted by Crippen LogP contribution is -2.56. The SMILES string of the molecule is CCN(C)C(=O)C1CCC(NC(=O)c2cc3cc(Cl)ccc3[nH]2)C(NC(=O)c2nc3c(s2)CN(C)CC3)C1.Cl. The largest absolute Gasteiger partial charge is 0.351 e. The van der Waals surface area contributed by atoms with Crippen molar-refractivity contribution in [1.29, 1.82) is 0 Å². The Balaban J connectivity index is 0.00000353. The number of H-pyrrole nitrogens is 1. The Kier molecular flexibility index (Phi) is 9.21. The molecule has 3 amide bonds. The molecule has 12 heteroatoms. The molecule has 0 spiro atoms. The predicted octanol–water partition coefficient (Wildman–Crippen LogP) is 3.86. The Morgan fingerprint density at radius 1 is 1.18 bits per heavy atom. The van der Waals surface area contributed by atoms with Crippen LogP contribution >= 0.6 is 35.3 Å². The number of likely N-dealkylation sites (N-methyl/N-ethyl adjacent to an activating group) is 1. The number of rotatable bonds is 6. The van der Waals surface area contributed by atoms with Gasteiger partial charge in [0.05, 0.1) is 11.7 Å². The predicted molar refractivity (Wildman–Crippen MR) is 156 cm³/mol. The summed E-state index contributed by atoms with van der Waals surface area (Å²) in [5, 5.41) is 8.11. The summed E-state index contributed by atoms with van der Waals surface area (Å²) in [7, 11) is 3.85. The molecule has 1 saturated carbocycles. The van der Waals surface area contributed by atoms with Gasteiger partial charge in [0.15, 0.2) is 5.01 Å². The lowest BCUT2D eigenvalue weighted by atomic mass is 9.81. The first-order valence-electron chi connectivity index (χ1n) is 13.0. The number of carbonyl (C=O) groups is 3. The number of hydrogen-bond donors (Lipinski definition) is 3. The Bertz CT molecular complexity index is 1370. The molecule has 9 nitrogen and oxygen atoms in total. The van der Waals surface area contributed by atoms with Crippen LogP contribution in [-0.2, 0) is 17.8 Å². The van der Waals surface area contributed by atoms with Crippen molar-refractivity contribution in [2.45, 2.75) is 51.2 Å². The fraction of sp³-hybridized carbons (Fsp3) is 0.481. The Morgan fingerprint density at radius 2 is 1.95 bits per heavy atom. The van der Waals surface area contributed by atoms with E-state index in [-0.39, 0.29) is 42.1 Å². The van der Waals surface area contributed by atoms with Gasteiger partial charge in [-0.05, 0) is 57.5 Å². The minimum Gasteiger partial charge on any atom is -0.351 e. The van der Waals surface area contributed by atoms with E-state index in [2.05, 4.69) is 32.5 Å². The minimum absolute atomic E-state index is 0. The standard InChI is InChI=1S/C27H33ClN6O3S.ClH/c1-4-34(3)27(37)15-5-7-19(30-24(35)22-13-16-11-17(28)6-8-18(16)29-22)21(12-15)31-25(36)26-32-20-9-10-33(2)14-23(20)38-26;/h6,8,11,13,15,19,21,29H,4-5,7,9-10,12,14H2,1-3H3,(H,30,35)(H,31,36);1H. The van der Waals surface area contributed by atoms with Crippen LogP contribution in [0.15, 0.2) is 24.3 Å². The summed E-state index contributed by atoms with van der Waals surface area (Å²) in [6.45, 7) is 4.27. The molecular formula is C27H34Cl2N6O3S. The van der Waals surface area contributed by atoms with Gasteiger partial charge >= 0.3 is 0 Å². The number of nitrogens with one attached hydrogen (secondary N) is 3. The maximum atomic E-state index is 13.3. The van der Waals surface area contributed by atoms with Crippen LogP contribution in [0.4, 0.5) is 0 Å². The summed E-state index contributed by atoms with van der Waals surface area (Å²) in [4.78, 5) is 52.3. The lowest BCUT2D eigenvalue weighted by molar-refractivity contribution is -0.135. The molecule has 5 rings (SSSR count). The van der Waals surface area contributed by atoms with Gasteiger partial charge in [-0.2, -0.15) is 0 Å². The summed E-state index contributed by atoms with van der Waals surface area (Å²) in [6, 6.07) is 6.46. The molecule has 3 aromatic rings. The van der Waals surface area contributed by atoms with Crippen LogP contribution in [0.1, 0.15) is 57.0 Å². The summed E-state index contributed by atoms with van der Waals surface area (Å²) >= 11 is 7.52. The van der Waals surface area contributed by atoms with Crippen LogP contribution in [0.2, 0.25) is 5.02 Å². The monoisotopic (exact) mass is 592 g/mol. The second kappa shape index (κ2) is 12.2. The third-order valence-electron chi connectivity index (χ3n) is 7.63. The van der Waals surface area contributed by atoms with Gasteiger partial charge in [0.25, 0.3) is 11.8 Å². The van der Waals surface area contributed by atoms with E-state index in [4.69, 9.17) is 11.6 Å². The number of nitrogens with zero attached hydrogens (tertiary/aromatic N) is 3. The molecule has 39 heavy (non-hydrogen) atoms. The fourth-order valence-corrected chi connectivity index (χ4v) is 6.59. The lowest BCUT2D eigenvalue weighted by Gasteiger charge is -2.37. The number of aromatic amines is 1. The van der Waals surface area contributed by atoms with Crippen LogP contribution in [0.25, 0.3) is 10.9 Å². The average Bonchev–Trinajstić information content (AvgIpc) is 3.52. The van der Waals surface area contributed by atoms with E-state index in [0.717, 1.165) is 41.0 Å². The van der Waals surface area contributed by atoms with Gasteiger partial charge in [-0.3, -0.25) is 14.4 Å². The molecule has 1 aliphatic heterocycles. The van der Waals surface area contributed by atoms with Crippen LogP contribution in [0, 0.1) is 5.92 Å². The van der Waals surface area contributed by atoms with Crippen LogP contribution in [-0.4, -0.2) is 76.8 Å². The molecule has 210 valence electrons. The highest BCUT2D eigenvalue weighted by Gasteiger charge is 2.37. The Morgan fingerprint density at radius 3 is 2.72 bits per heavy atom. The Hall–Kier alpha value is -2.66. The minimum atomic E-state index is -0.401. The summed E-state index contributed by atoms with van der Waals surface area (Å²) in [5.74, 6) is -0.665. The molecule has 3 heterocycles. The number of carbonyl (C=O) groups excluding carboxylic acids is 3. The molecule has 3 atom stereocenters. The van der Waals surface area contributed by atoms with Crippen molar-refractivity contribution < 1.29 is 14.4 Å². The van der Waals surface area contributed by atoms with E-state index in [1.54, 1.807) is 30.1 Å². The Labute approximate surface area is 243 Å². The number of thiazole rings is 1. The molecule has 3 N–H and O–H groups in total. The van der Waals surface area contributed by atoms with Crippen molar-refractivity contribution in [3.05, 3.63) is 50.6 Å². The van der Waals surface area contributed by atoms with Gasteiger partial charge in [-0.15, -0.1) is 23.7 Å². The number of aromatic nitrogens is 2. The van der Waals surface area contributed by atoms with Crippen molar-refractivity contribution in [1.82, 2.24) is 30.4 Å². The molecule has 1 aliphatic carbocycles. The second-order valence-corrected chi connectivity index (χ2v) is 11.8. The first-order chi connectivity index (χ1) is 18.2. The zero-order valence-corrected chi connectivity index (χ0v) is 24.6. The van der Waals surface area contributed by atoms with Crippen molar-refractivity contribution >= 4 is 64.0 Å². The van der Waals surface area contributed by atoms with Gasteiger partial charge < -0.3 is 25.4 Å². The highest BCUT2D eigenvalue weighted by atomic mass is 35.5. The molecule has 2 aromatic heterocycles. The van der Waals surface area contributed by atoms with Gasteiger partial charge in [0, 0.05) is 65.9 Å². The highest BCUT2D eigenvalue weighted by molar-refractivity contribution is 7.13. The smallest absolute Gasteiger partial charge is 0.280 e. The fourth-order valence-electron chi connectivity index (χ4n) is 5.32. The number of fused-ring (bicyclic) bond motifs is 2. The normalized spacial score (nSPS) is 21.1. The third-order valence-corrected chi connectivity index (χ3v) is 8.94. The van der Waals surface area contributed by atoms with E-state index in [1.165, 1.54) is 11.3 Å². The first kappa shape index (κ1) is 29.3. The van der Waals surface area contributed by atoms with Gasteiger partial charge in [0.1, 0.15) is 5.69 Å². The molecule has 3 unspecified atom stereocenters. The molecule has 0 saturated heterocycles. The van der Waals surface area contributed by atoms with Crippen molar-refractivity contribution in [3.63, 3.8) is 0 Å². The topological polar surface area (TPSA) is 110 Å². The summed E-state index contributed by atoms with van der Waals surface area (Å²) in [6.07, 6.45) is 2.50. The first-order valence-corrected chi connectivity index (χ1v) is 14.2. The number of benzene rings is 1. The quantitative estimate of drug-likeness (QED) is 0.402.